The van der Waals surface area contributed by atoms with Gasteiger partial charge in [0.15, 0.2) is 0 Å². The summed E-state index contributed by atoms with van der Waals surface area (Å²) in [5.41, 5.74) is 5.09. The quantitative estimate of drug-likeness (QED) is 0.829. The fourth-order valence-electron chi connectivity index (χ4n) is 1.69. The number of hydrogen-bond acceptors (Lipinski definition) is 2. The summed E-state index contributed by atoms with van der Waals surface area (Å²) in [6.45, 7) is 4.89. The number of nitrogens with zero attached hydrogens (tertiary/aromatic N) is 1. The molecule has 0 saturated heterocycles. The molecule has 0 saturated carbocycles. The third-order valence-corrected chi connectivity index (χ3v) is 2.98. The van der Waals surface area contributed by atoms with Crippen LogP contribution in [-0.4, -0.2) is 21.2 Å². The van der Waals surface area contributed by atoms with Crippen molar-refractivity contribution >= 4 is 5.69 Å². The molecule has 2 rings (SSSR count). The lowest BCUT2D eigenvalue weighted by atomic mass is 10.2. The topological polar surface area (TPSA) is 12.5 Å². The molecule has 0 radical (unpaired) electrons. The van der Waals surface area contributed by atoms with Crippen LogP contribution in [0.1, 0.15) is 16.7 Å². The van der Waals surface area contributed by atoms with Crippen LogP contribution in [0.5, 0.6) is 0 Å². The van der Waals surface area contributed by atoms with Gasteiger partial charge in [-0.3, -0.25) is 0 Å². The van der Waals surface area contributed by atoms with Crippen LogP contribution >= 0.6 is 0 Å². The van der Waals surface area contributed by atoms with Crippen molar-refractivity contribution in [3.8, 4) is 0 Å². The predicted octanol–water partition coefficient (Wildman–Crippen LogP) is 4.20. The predicted molar refractivity (Wildman–Crippen MR) is 87.4 cm³/mol. The zero-order chi connectivity index (χ0) is 15.0. The average molecular weight is 271 g/mol. The third kappa shape index (κ3) is 5.89. The van der Waals surface area contributed by atoms with Gasteiger partial charge in [-0.15, -0.1) is 0 Å². The van der Waals surface area contributed by atoms with Crippen LogP contribution in [0.15, 0.2) is 48.5 Å². The molecule has 0 N–H and O–H groups in total. The molecule has 0 aliphatic heterocycles. The summed E-state index contributed by atoms with van der Waals surface area (Å²) in [6, 6.07) is 16.8. The molecule has 2 aromatic rings. The first kappa shape index (κ1) is 16.3. The molecule has 0 aliphatic carbocycles. The van der Waals surface area contributed by atoms with Gasteiger partial charge in [0.1, 0.15) is 0 Å². The Bertz CT molecular complexity index is 486. The Labute approximate surface area is 123 Å². The van der Waals surface area contributed by atoms with Crippen molar-refractivity contribution < 1.29 is 4.74 Å². The molecule has 0 heterocycles. The van der Waals surface area contributed by atoms with Crippen molar-refractivity contribution in [2.45, 2.75) is 20.5 Å². The van der Waals surface area contributed by atoms with Gasteiger partial charge in [0.2, 0.25) is 0 Å². The molecule has 2 aromatic carbocycles. The normalized spacial score (nSPS) is 9.65. The molecular formula is C18H25NO. The Kier molecular flexibility index (Phi) is 6.82. The zero-order valence-corrected chi connectivity index (χ0v) is 13.2. The second-order valence-corrected chi connectivity index (χ2v) is 5.15. The van der Waals surface area contributed by atoms with Crippen LogP contribution in [0.3, 0.4) is 0 Å². The smallest absolute Gasteiger partial charge is 0.0713 e. The van der Waals surface area contributed by atoms with E-state index in [1.807, 2.05) is 14.1 Å². The van der Waals surface area contributed by atoms with Gasteiger partial charge < -0.3 is 9.64 Å². The standard InChI is InChI=1S/C9H13N.C9H12O/c1-8-4-6-9(7-5-8)10(2)3;1-8-3-5-9(6-4-8)7-10-2/h4-7H,1-3H3;3-6H,7H2,1-2H3. The van der Waals surface area contributed by atoms with Crippen molar-refractivity contribution in [1.82, 2.24) is 0 Å². The molecule has 0 spiro atoms. The molecule has 0 unspecified atom stereocenters. The van der Waals surface area contributed by atoms with Gasteiger partial charge in [0, 0.05) is 26.9 Å². The first-order valence-electron chi connectivity index (χ1n) is 6.81. The second-order valence-electron chi connectivity index (χ2n) is 5.15. The van der Waals surface area contributed by atoms with Crippen molar-refractivity contribution in [3.05, 3.63) is 65.2 Å². The molecule has 2 heteroatoms. The summed E-state index contributed by atoms with van der Waals surface area (Å²) in [6.07, 6.45) is 0. The Morgan fingerprint density at radius 1 is 0.800 bits per heavy atom. The van der Waals surface area contributed by atoms with E-state index in [2.05, 4.69) is 67.3 Å². The number of hydrogen-bond donors (Lipinski definition) is 0. The van der Waals surface area contributed by atoms with E-state index in [9.17, 15) is 0 Å². The summed E-state index contributed by atoms with van der Waals surface area (Å²) in [4.78, 5) is 2.10. The highest BCUT2D eigenvalue weighted by Crippen LogP contribution is 2.10. The zero-order valence-electron chi connectivity index (χ0n) is 13.2. The fourth-order valence-corrected chi connectivity index (χ4v) is 1.69. The lowest BCUT2D eigenvalue weighted by molar-refractivity contribution is 0.185. The van der Waals surface area contributed by atoms with Gasteiger partial charge in [0.25, 0.3) is 0 Å². The van der Waals surface area contributed by atoms with Crippen molar-refractivity contribution in [2.24, 2.45) is 0 Å². The highest BCUT2D eigenvalue weighted by atomic mass is 16.5. The largest absolute Gasteiger partial charge is 0.380 e. The molecule has 20 heavy (non-hydrogen) atoms. The fraction of sp³-hybridized carbons (Fsp3) is 0.333. The Morgan fingerprint density at radius 3 is 1.65 bits per heavy atom. The number of ether oxygens (including phenoxy) is 1. The van der Waals surface area contributed by atoms with Gasteiger partial charge >= 0.3 is 0 Å². The van der Waals surface area contributed by atoms with Crippen LogP contribution in [0.25, 0.3) is 0 Å². The van der Waals surface area contributed by atoms with E-state index in [0.717, 1.165) is 0 Å². The molecule has 0 bridgehead atoms. The van der Waals surface area contributed by atoms with Gasteiger partial charge in [-0.1, -0.05) is 47.5 Å². The number of anilines is 1. The van der Waals surface area contributed by atoms with Crippen molar-refractivity contribution in [1.29, 1.82) is 0 Å². The summed E-state index contributed by atoms with van der Waals surface area (Å²) >= 11 is 0. The van der Waals surface area contributed by atoms with E-state index in [1.54, 1.807) is 7.11 Å². The number of methoxy groups -OCH3 is 1. The molecule has 0 atom stereocenters. The van der Waals surface area contributed by atoms with Crippen molar-refractivity contribution in [2.75, 3.05) is 26.1 Å². The molecule has 108 valence electrons. The van der Waals surface area contributed by atoms with E-state index in [0.29, 0.717) is 6.61 Å². The van der Waals surface area contributed by atoms with Gasteiger partial charge in [0.05, 0.1) is 6.61 Å². The maximum atomic E-state index is 4.97. The Balaban J connectivity index is 0.000000200. The van der Waals surface area contributed by atoms with Crippen molar-refractivity contribution in [3.63, 3.8) is 0 Å². The summed E-state index contributed by atoms with van der Waals surface area (Å²) in [7, 11) is 5.80. The maximum absolute atomic E-state index is 4.97. The van der Waals surface area contributed by atoms with E-state index < -0.39 is 0 Å². The van der Waals surface area contributed by atoms with E-state index in [4.69, 9.17) is 4.74 Å². The van der Waals surface area contributed by atoms with Crippen LogP contribution in [0, 0.1) is 13.8 Å². The average Bonchev–Trinajstić information content (AvgIpc) is 2.43. The first-order valence-corrected chi connectivity index (χ1v) is 6.81. The van der Waals surface area contributed by atoms with Gasteiger partial charge in [-0.25, -0.2) is 0 Å². The lowest BCUT2D eigenvalue weighted by Crippen LogP contribution is -2.07. The summed E-state index contributed by atoms with van der Waals surface area (Å²) in [5.74, 6) is 0. The monoisotopic (exact) mass is 271 g/mol. The first-order chi connectivity index (χ1) is 9.52. The summed E-state index contributed by atoms with van der Waals surface area (Å²) in [5, 5.41) is 0. The molecule has 0 aliphatic rings. The van der Waals surface area contributed by atoms with Crippen LogP contribution in [0.2, 0.25) is 0 Å². The van der Waals surface area contributed by atoms with Crippen LogP contribution < -0.4 is 4.90 Å². The second kappa shape index (κ2) is 8.39. The molecule has 0 amide bonds. The van der Waals surface area contributed by atoms with E-state index in [-0.39, 0.29) is 0 Å². The highest BCUT2D eigenvalue weighted by Gasteiger charge is 1.91. The van der Waals surface area contributed by atoms with Crippen LogP contribution in [0.4, 0.5) is 5.69 Å². The van der Waals surface area contributed by atoms with E-state index in [1.165, 1.54) is 22.4 Å². The minimum atomic E-state index is 0.709. The third-order valence-electron chi connectivity index (χ3n) is 2.98. The number of aryl methyl sites for hydroxylation is 2. The highest BCUT2D eigenvalue weighted by molar-refractivity contribution is 5.45. The molecular weight excluding hydrogens is 246 g/mol. The number of rotatable bonds is 3. The molecule has 0 fully saturated rings. The molecule has 2 nitrogen and oxygen atoms in total. The number of benzene rings is 2. The summed E-state index contributed by atoms with van der Waals surface area (Å²) < 4.78 is 4.97. The van der Waals surface area contributed by atoms with E-state index >= 15 is 0 Å². The Hall–Kier alpha value is -1.80. The van der Waals surface area contributed by atoms with Crippen LogP contribution in [-0.2, 0) is 11.3 Å². The molecule has 0 aromatic heterocycles. The lowest BCUT2D eigenvalue weighted by Gasteiger charge is -2.11. The maximum Gasteiger partial charge on any atom is 0.0713 e. The Morgan fingerprint density at radius 2 is 1.25 bits per heavy atom. The van der Waals surface area contributed by atoms with Gasteiger partial charge in [-0.2, -0.15) is 0 Å². The van der Waals surface area contributed by atoms with Gasteiger partial charge in [-0.05, 0) is 31.5 Å². The minimum absolute atomic E-state index is 0.709. The minimum Gasteiger partial charge on any atom is -0.380 e. The SMILES string of the molecule is COCc1ccc(C)cc1.Cc1ccc(N(C)C)cc1.